The summed E-state index contributed by atoms with van der Waals surface area (Å²) >= 11 is 0. The third-order valence-electron chi connectivity index (χ3n) is 3.25. The third kappa shape index (κ3) is 6.15. The Kier molecular flexibility index (Phi) is 7.03. The zero-order chi connectivity index (χ0) is 16.8. The molecule has 6 heteroatoms. The molecule has 0 amide bonds. The molecule has 3 unspecified atom stereocenters. The van der Waals surface area contributed by atoms with Gasteiger partial charge in [0.05, 0.1) is 19.1 Å². The first-order valence-electron chi connectivity index (χ1n) is 7.63. The minimum absolute atomic E-state index is 0.0106. The van der Waals surface area contributed by atoms with Crippen molar-refractivity contribution in [2.75, 3.05) is 6.61 Å². The molecule has 0 aliphatic carbocycles. The number of carbonyl (C=O) groups is 2. The van der Waals surface area contributed by atoms with Crippen LogP contribution in [-0.4, -0.2) is 36.7 Å². The molecule has 0 radical (unpaired) electrons. The van der Waals surface area contributed by atoms with Crippen LogP contribution in [-0.2, 0) is 28.5 Å². The number of hydrogen-bond donors (Lipinski definition) is 0. The van der Waals surface area contributed by atoms with Crippen LogP contribution < -0.4 is 0 Å². The van der Waals surface area contributed by atoms with Crippen LogP contribution in [0.5, 0.6) is 0 Å². The highest BCUT2D eigenvalue weighted by Gasteiger charge is 2.39. The van der Waals surface area contributed by atoms with Crippen molar-refractivity contribution in [3.8, 4) is 0 Å². The van der Waals surface area contributed by atoms with Gasteiger partial charge in [0.1, 0.15) is 0 Å². The topological polar surface area (TPSA) is 71.1 Å². The predicted octanol–water partition coefficient (Wildman–Crippen LogP) is 2.71. The van der Waals surface area contributed by atoms with Gasteiger partial charge in [-0.15, -0.1) is 0 Å². The summed E-state index contributed by atoms with van der Waals surface area (Å²) in [6, 6.07) is 0. The van der Waals surface area contributed by atoms with E-state index in [-0.39, 0.29) is 18.1 Å². The summed E-state index contributed by atoms with van der Waals surface area (Å²) in [6.45, 7) is 10.8. The van der Waals surface area contributed by atoms with Gasteiger partial charge in [-0.25, -0.2) is 4.79 Å². The first kappa shape index (κ1) is 18.6. The molecule has 1 rings (SSSR count). The second kappa shape index (κ2) is 8.29. The molecule has 1 fully saturated rings. The fourth-order valence-corrected chi connectivity index (χ4v) is 2.12. The predicted molar refractivity (Wildman–Crippen MR) is 79.8 cm³/mol. The summed E-state index contributed by atoms with van der Waals surface area (Å²) in [6.07, 6.45) is 2.04. The average molecular weight is 314 g/mol. The molecule has 0 aromatic rings. The van der Waals surface area contributed by atoms with E-state index < -0.39 is 24.0 Å². The van der Waals surface area contributed by atoms with Crippen molar-refractivity contribution >= 4 is 11.9 Å². The number of carbonyl (C=O) groups excluding carboxylic acids is 2. The molecule has 1 aliphatic rings. The quantitative estimate of drug-likeness (QED) is 0.390. The molecule has 0 bridgehead atoms. The molecular formula is C16H26O6. The first-order chi connectivity index (χ1) is 10.3. The summed E-state index contributed by atoms with van der Waals surface area (Å²) in [5.74, 6) is -2.12. The van der Waals surface area contributed by atoms with Crippen molar-refractivity contribution in [1.82, 2.24) is 0 Å². The lowest BCUT2D eigenvalue weighted by Crippen LogP contribution is -2.33. The third-order valence-corrected chi connectivity index (χ3v) is 3.25. The largest absolute Gasteiger partial charge is 0.425 e. The lowest BCUT2D eigenvalue weighted by atomic mass is 10.2. The highest BCUT2D eigenvalue weighted by atomic mass is 16.8. The molecule has 1 aliphatic heterocycles. The Hall–Kier alpha value is -1.40. The van der Waals surface area contributed by atoms with Crippen LogP contribution >= 0.6 is 0 Å². The molecule has 1 heterocycles. The second-order valence-electron chi connectivity index (χ2n) is 5.75. The Balaban J connectivity index is 2.38. The molecule has 0 aromatic carbocycles. The van der Waals surface area contributed by atoms with E-state index >= 15 is 0 Å². The van der Waals surface area contributed by atoms with Crippen molar-refractivity contribution in [2.45, 2.75) is 71.6 Å². The van der Waals surface area contributed by atoms with Crippen LogP contribution in [0.4, 0.5) is 0 Å². The molecule has 6 nitrogen and oxygen atoms in total. The SMILES string of the molecule is C=C(C)C(=O)OC(C)OC(=O)CC1(C)OCC(CCCC)O1. The van der Waals surface area contributed by atoms with E-state index in [1.807, 2.05) is 0 Å². The van der Waals surface area contributed by atoms with Gasteiger partial charge in [0.25, 0.3) is 0 Å². The zero-order valence-electron chi connectivity index (χ0n) is 13.8. The van der Waals surface area contributed by atoms with E-state index in [2.05, 4.69) is 13.5 Å². The number of hydrogen-bond acceptors (Lipinski definition) is 6. The maximum atomic E-state index is 11.9. The van der Waals surface area contributed by atoms with Gasteiger partial charge in [-0.2, -0.15) is 0 Å². The maximum Gasteiger partial charge on any atom is 0.336 e. The van der Waals surface area contributed by atoms with Crippen LogP contribution in [0, 0.1) is 0 Å². The van der Waals surface area contributed by atoms with Gasteiger partial charge in [0, 0.05) is 12.5 Å². The minimum atomic E-state index is -0.979. The van der Waals surface area contributed by atoms with Gasteiger partial charge in [0.2, 0.25) is 6.29 Å². The Morgan fingerprint density at radius 3 is 2.68 bits per heavy atom. The number of esters is 2. The van der Waals surface area contributed by atoms with Crippen molar-refractivity contribution in [3.63, 3.8) is 0 Å². The standard InChI is InChI=1S/C16H26O6/c1-6-7-8-13-10-19-16(5,22-13)9-14(17)20-12(4)21-15(18)11(2)3/h12-13H,2,6-10H2,1,3-5H3. The minimum Gasteiger partial charge on any atom is -0.425 e. The summed E-state index contributed by atoms with van der Waals surface area (Å²) in [7, 11) is 0. The maximum absolute atomic E-state index is 11.9. The summed E-state index contributed by atoms with van der Waals surface area (Å²) < 4.78 is 21.3. The van der Waals surface area contributed by atoms with E-state index in [1.165, 1.54) is 13.8 Å². The van der Waals surface area contributed by atoms with Crippen molar-refractivity contribution < 1.29 is 28.5 Å². The molecule has 22 heavy (non-hydrogen) atoms. The Bertz CT molecular complexity index is 419. The smallest absolute Gasteiger partial charge is 0.336 e. The second-order valence-corrected chi connectivity index (χ2v) is 5.75. The lowest BCUT2D eigenvalue weighted by Gasteiger charge is -2.23. The monoisotopic (exact) mass is 314 g/mol. The van der Waals surface area contributed by atoms with E-state index in [0.717, 1.165) is 19.3 Å². The summed E-state index contributed by atoms with van der Waals surface area (Å²) in [5.41, 5.74) is 0.246. The summed E-state index contributed by atoms with van der Waals surface area (Å²) in [5, 5.41) is 0. The lowest BCUT2D eigenvalue weighted by molar-refractivity contribution is -0.199. The van der Waals surface area contributed by atoms with Crippen LogP contribution in [0.25, 0.3) is 0 Å². The fraction of sp³-hybridized carbons (Fsp3) is 0.750. The molecule has 0 N–H and O–H groups in total. The van der Waals surface area contributed by atoms with Crippen LogP contribution in [0.3, 0.4) is 0 Å². The highest BCUT2D eigenvalue weighted by molar-refractivity contribution is 5.87. The molecule has 0 aromatic heterocycles. The Morgan fingerprint density at radius 2 is 2.09 bits per heavy atom. The number of unbranched alkanes of at least 4 members (excludes halogenated alkanes) is 1. The number of ether oxygens (including phenoxy) is 4. The first-order valence-corrected chi connectivity index (χ1v) is 7.63. The van der Waals surface area contributed by atoms with Crippen molar-refractivity contribution in [2.24, 2.45) is 0 Å². The van der Waals surface area contributed by atoms with E-state index in [0.29, 0.717) is 6.61 Å². The highest BCUT2D eigenvalue weighted by Crippen LogP contribution is 2.29. The molecule has 0 saturated carbocycles. The van der Waals surface area contributed by atoms with E-state index in [1.54, 1.807) is 6.92 Å². The molecular weight excluding hydrogens is 288 g/mol. The van der Waals surface area contributed by atoms with Gasteiger partial charge in [-0.1, -0.05) is 26.3 Å². The summed E-state index contributed by atoms with van der Waals surface area (Å²) in [4.78, 5) is 23.2. The van der Waals surface area contributed by atoms with Gasteiger partial charge in [-0.3, -0.25) is 4.79 Å². The molecule has 1 saturated heterocycles. The molecule has 0 spiro atoms. The number of rotatable bonds is 8. The van der Waals surface area contributed by atoms with E-state index in [4.69, 9.17) is 18.9 Å². The van der Waals surface area contributed by atoms with Crippen molar-refractivity contribution in [1.29, 1.82) is 0 Å². The van der Waals surface area contributed by atoms with Gasteiger partial charge in [0.15, 0.2) is 5.79 Å². The fourth-order valence-electron chi connectivity index (χ4n) is 2.12. The zero-order valence-corrected chi connectivity index (χ0v) is 13.8. The Morgan fingerprint density at radius 1 is 1.41 bits per heavy atom. The van der Waals surface area contributed by atoms with Gasteiger partial charge < -0.3 is 18.9 Å². The van der Waals surface area contributed by atoms with Gasteiger partial charge >= 0.3 is 11.9 Å². The molecule has 126 valence electrons. The van der Waals surface area contributed by atoms with Crippen LogP contribution in [0.1, 0.15) is 53.4 Å². The van der Waals surface area contributed by atoms with Crippen LogP contribution in [0.15, 0.2) is 12.2 Å². The van der Waals surface area contributed by atoms with Crippen LogP contribution in [0.2, 0.25) is 0 Å². The van der Waals surface area contributed by atoms with Crippen molar-refractivity contribution in [3.05, 3.63) is 12.2 Å². The van der Waals surface area contributed by atoms with E-state index in [9.17, 15) is 9.59 Å². The molecule has 3 atom stereocenters. The normalized spacial score (nSPS) is 25.5. The van der Waals surface area contributed by atoms with Gasteiger partial charge in [-0.05, 0) is 20.3 Å². The average Bonchev–Trinajstić information content (AvgIpc) is 2.76. The Labute approximate surface area is 131 Å².